The van der Waals surface area contributed by atoms with Crippen LogP contribution in [-0.4, -0.2) is 30.9 Å². The summed E-state index contributed by atoms with van der Waals surface area (Å²) < 4.78 is 13.8. The van der Waals surface area contributed by atoms with Crippen molar-refractivity contribution in [2.24, 2.45) is 0 Å². The first-order valence-electron chi connectivity index (χ1n) is 7.99. The number of hydrogen-bond donors (Lipinski definition) is 0. The van der Waals surface area contributed by atoms with Gasteiger partial charge in [-0.2, -0.15) is 0 Å². The molecule has 1 aliphatic rings. The molecular weight excluding hydrogens is 291 g/mol. The number of carbonyl (C=O) groups excluding carboxylic acids is 1. The van der Waals surface area contributed by atoms with Gasteiger partial charge in [0.25, 0.3) is 5.91 Å². The molecule has 3 rings (SSSR count). The van der Waals surface area contributed by atoms with E-state index in [1.807, 2.05) is 18.2 Å². The SMILES string of the molecule is CN(Cc1ccccc1N1CCCC1)C(=O)c1ccccc1F. The maximum absolute atomic E-state index is 13.8. The molecule has 0 spiro atoms. The van der Waals surface area contributed by atoms with E-state index in [0.717, 1.165) is 18.7 Å². The summed E-state index contributed by atoms with van der Waals surface area (Å²) in [4.78, 5) is 16.4. The second-order valence-electron chi connectivity index (χ2n) is 5.96. The highest BCUT2D eigenvalue weighted by Crippen LogP contribution is 2.25. The van der Waals surface area contributed by atoms with Crippen molar-refractivity contribution in [3.8, 4) is 0 Å². The fourth-order valence-electron chi connectivity index (χ4n) is 3.08. The summed E-state index contributed by atoms with van der Waals surface area (Å²) in [5.41, 5.74) is 2.40. The zero-order valence-electron chi connectivity index (χ0n) is 13.3. The number of carbonyl (C=O) groups is 1. The van der Waals surface area contributed by atoms with Gasteiger partial charge in [-0.1, -0.05) is 30.3 Å². The minimum Gasteiger partial charge on any atom is -0.371 e. The minimum atomic E-state index is -0.475. The third-order valence-electron chi connectivity index (χ3n) is 4.30. The van der Waals surface area contributed by atoms with Crippen molar-refractivity contribution in [2.45, 2.75) is 19.4 Å². The summed E-state index contributed by atoms with van der Waals surface area (Å²) in [6.45, 7) is 2.59. The van der Waals surface area contributed by atoms with Crippen molar-refractivity contribution in [1.29, 1.82) is 0 Å². The Morgan fingerprint density at radius 2 is 1.74 bits per heavy atom. The monoisotopic (exact) mass is 312 g/mol. The highest BCUT2D eigenvalue weighted by molar-refractivity contribution is 5.94. The number of anilines is 1. The van der Waals surface area contributed by atoms with Gasteiger partial charge < -0.3 is 9.80 Å². The van der Waals surface area contributed by atoms with Gasteiger partial charge in [-0.25, -0.2) is 4.39 Å². The van der Waals surface area contributed by atoms with Crippen molar-refractivity contribution in [2.75, 3.05) is 25.0 Å². The highest BCUT2D eigenvalue weighted by atomic mass is 19.1. The predicted molar refractivity (Wildman–Crippen MR) is 90.1 cm³/mol. The Labute approximate surface area is 136 Å². The van der Waals surface area contributed by atoms with Crippen molar-refractivity contribution in [3.63, 3.8) is 0 Å². The summed E-state index contributed by atoms with van der Waals surface area (Å²) in [6.07, 6.45) is 2.41. The van der Waals surface area contributed by atoms with Gasteiger partial charge in [0.05, 0.1) is 5.56 Å². The molecule has 0 N–H and O–H groups in total. The van der Waals surface area contributed by atoms with Crippen LogP contribution in [0.15, 0.2) is 48.5 Å². The number of amides is 1. The number of rotatable bonds is 4. The number of para-hydroxylation sites is 1. The van der Waals surface area contributed by atoms with E-state index < -0.39 is 5.82 Å². The van der Waals surface area contributed by atoms with Crippen molar-refractivity contribution in [1.82, 2.24) is 4.90 Å². The van der Waals surface area contributed by atoms with Crippen LogP contribution in [0.25, 0.3) is 0 Å². The number of nitrogens with zero attached hydrogens (tertiary/aromatic N) is 2. The molecule has 120 valence electrons. The summed E-state index contributed by atoms with van der Waals surface area (Å²) in [5, 5.41) is 0. The Morgan fingerprint density at radius 1 is 1.09 bits per heavy atom. The van der Waals surface area contributed by atoms with Crippen LogP contribution < -0.4 is 4.90 Å². The average Bonchev–Trinajstić information content (AvgIpc) is 3.09. The Balaban J connectivity index is 1.79. The fraction of sp³-hybridized carbons (Fsp3) is 0.316. The van der Waals surface area contributed by atoms with Gasteiger partial charge in [-0.3, -0.25) is 4.79 Å². The van der Waals surface area contributed by atoms with Crippen LogP contribution in [0, 0.1) is 5.82 Å². The molecule has 3 nitrogen and oxygen atoms in total. The largest absolute Gasteiger partial charge is 0.371 e. The third kappa shape index (κ3) is 3.36. The van der Waals surface area contributed by atoms with Crippen LogP contribution in [-0.2, 0) is 6.54 Å². The average molecular weight is 312 g/mol. The maximum atomic E-state index is 13.8. The summed E-state index contributed by atoms with van der Waals surface area (Å²) in [7, 11) is 1.72. The number of benzene rings is 2. The zero-order chi connectivity index (χ0) is 16.2. The molecular formula is C19H21FN2O. The lowest BCUT2D eigenvalue weighted by atomic mass is 10.1. The molecule has 1 aliphatic heterocycles. The van der Waals surface area contributed by atoms with E-state index in [-0.39, 0.29) is 11.5 Å². The van der Waals surface area contributed by atoms with E-state index in [9.17, 15) is 9.18 Å². The number of halogens is 1. The Kier molecular flexibility index (Phi) is 4.60. The van der Waals surface area contributed by atoms with Gasteiger partial charge in [0, 0.05) is 32.4 Å². The second-order valence-corrected chi connectivity index (χ2v) is 5.96. The Hall–Kier alpha value is -2.36. The van der Waals surface area contributed by atoms with E-state index in [2.05, 4.69) is 11.0 Å². The number of hydrogen-bond acceptors (Lipinski definition) is 2. The highest BCUT2D eigenvalue weighted by Gasteiger charge is 2.19. The summed E-state index contributed by atoms with van der Waals surface area (Å²) >= 11 is 0. The quantitative estimate of drug-likeness (QED) is 0.859. The van der Waals surface area contributed by atoms with Crippen molar-refractivity contribution >= 4 is 11.6 Å². The standard InChI is InChI=1S/C19H21FN2O/c1-21(19(23)16-9-3-4-10-17(16)20)14-15-8-2-5-11-18(15)22-12-6-7-13-22/h2-5,8-11H,6-7,12-14H2,1H3. The molecule has 1 saturated heterocycles. The minimum absolute atomic E-state index is 0.119. The predicted octanol–water partition coefficient (Wildman–Crippen LogP) is 3.70. The first-order valence-corrected chi connectivity index (χ1v) is 7.99. The first kappa shape index (κ1) is 15.5. The lowest BCUT2D eigenvalue weighted by Crippen LogP contribution is -2.28. The molecule has 0 aromatic heterocycles. The van der Waals surface area contributed by atoms with Gasteiger partial charge in [-0.05, 0) is 36.6 Å². The molecule has 4 heteroatoms. The summed E-state index contributed by atoms with van der Waals surface area (Å²) in [6, 6.07) is 14.3. The maximum Gasteiger partial charge on any atom is 0.256 e. The van der Waals surface area contributed by atoms with E-state index in [0.29, 0.717) is 6.54 Å². The van der Waals surface area contributed by atoms with Crippen LogP contribution in [0.1, 0.15) is 28.8 Å². The molecule has 0 atom stereocenters. The Morgan fingerprint density at radius 3 is 2.48 bits per heavy atom. The molecule has 1 amide bonds. The molecule has 2 aromatic carbocycles. The van der Waals surface area contributed by atoms with Crippen LogP contribution in [0.3, 0.4) is 0 Å². The lowest BCUT2D eigenvalue weighted by molar-refractivity contribution is 0.0780. The lowest BCUT2D eigenvalue weighted by Gasteiger charge is -2.24. The van der Waals surface area contributed by atoms with Gasteiger partial charge >= 0.3 is 0 Å². The van der Waals surface area contributed by atoms with E-state index in [1.165, 1.54) is 30.7 Å². The van der Waals surface area contributed by atoms with Gasteiger partial charge in [0.1, 0.15) is 5.82 Å². The molecule has 0 radical (unpaired) electrons. The van der Waals surface area contributed by atoms with E-state index in [1.54, 1.807) is 24.1 Å². The molecule has 0 bridgehead atoms. The second kappa shape index (κ2) is 6.82. The van der Waals surface area contributed by atoms with E-state index in [4.69, 9.17) is 0 Å². The van der Waals surface area contributed by atoms with Crippen molar-refractivity contribution in [3.05, 3.63) is 65.5 Å². The normalized spacial score (nSPS) is 14.1. The molecule has 0 saturated carbocycles. The molecule has 0 unspecified atom stereocenters. The molecule has 23 heavy (non-hydrogen) atoms. The third-order valence-corrected chi connectivity index (χ3v) is 4.30. The van der Waals surface area contributed by atoms with Crippen LogP contribution in [0.5, 0.6) is 0 Å². The Bertz CT molecular complexity index is 695. The van der Waals surface area contributed by atoms with Crippen LogP contribution >= 0.6 is 0 Å². The van der Waals surface area contributed by atoms with Crippen molar-refractivity contribution < 1.29 is 9.18 Å². The molecule has 2 aromatic rings. The van der Waals surface area contributed by atoms with E-state index >= 15 is 0 Å². The fourth-order valence-corrected chi connectivity index (χ4v) is 3.08. The van der Waals surface area contributed by atoms with Gasteiger partial charge in [0.15, 0.2) is 0 Å². The van der Waals surface area contributed by atoms with Crippen LogP contribution in [0.4, 0.5) is 10.1 Å². The topological polar surface area (TPSA) is 23.6 Å². The van der Waals surface area contributed by atoms with Crippen LogP contribution in [0.2, 0.25) is 0 Å². The zero-order valence-corrected chi connectivity index (χ0v) is 13.3. The van der Waals surface area contributed by atoms with Gasteiger partial charge in [0.2, 0.25) is 0 Å². The molecule has 1 fully saturated rings. The first-order chi connectivity index (χ1) is 11.2. The van der Waals surface area contributed by atoms with Gasteiger partial charge in [-0.15, -0.1) is 0 Å². The molecule has 1 heterocycles. The molecule has 0 aliphatic carbocycles. The smallest absolute Gasteiger partial charge is 0.256 e. The summed E-state index contributed by atoms with van der Waals surface area (Å²) in [5.74, 6) is -0.767.